The molecule has 1 N–H and O–H groups in total. The lowest BCUT2D eigenvalue weighted by Crippen LogP contribution is -1.99. The van der Waals surface area contributed by atoms with Crippen LogP contribution in [0.5, 0.6) is 0 Å². The molecule has 3 atom stereocenters. The monoisotopic (exact) mass is 196 g/mol. The van der Waals surface area contributed by atoms with Crippen molar-refractivity contribution in [1.29, 1.82) is 0 Å². The molecule has 1 aliphatic rings. The molecule has 1 saturated carbocycles. The Hall–Kier alpha value is -0.340. The fraction of sp³-hybridized carbons (Fsp3) is 0.636. The summed E-state index contributed by atoms with van der Waals surface area (Å²) < 4.78 is 0. The standard InChI is InChI=1S/C11H16OS/c1-6-5-9(6)10(12)11-7(2)4-8(3)13-11/h4,6,9-10,12H,5H2,1-3H3. The summed E-state index contributed by atoms with van der Waals surface area (Å²) in [6, 6.07) is 2.16. The number of hydrogen-bond donors (Lipinski definition) is 1. The second kappa shape index (κ2) is 3.10. The minimum Gasteiger partial charge on any atom is -0.387 e. The maximum atomic E-state index is 10.0. The lowest BCUT2D eigenvalue weighted by atomic mass is 10.1. The number of aliphatic hydroxyl groups excluding tert-OH is 1. The number of thiophene rings is 1. The first-order valence-electron chi connectivity index (χ1n) is 4.84. The summed E-state index contributed by atoms with van der Waals surface area (Å²) in [6.07, 6.45) is 0.992. The van der Waals surface area contributed by atoms with Gasteiger partial charge in [0.15, 0.2) is 0 Å². The van der Waals surface area contributed by atoms with Gasteiger partial charge in [-0.3, -0.25) is 0 Å². The molecule has 1 aliphatic carbocycles. The number of aliphatic hydroxyl groups is 1. The Morgan fingerprint density at radius 1 is 1.54 bits per heavy atom. The third-order valence-corrected chi connectivity index (χ3v) is 4.15. The first kappa shape index (κ1) is 9.22. The van der Waals surface area contributed by atoms with Crippen molar-refractivity contribution in [3.8, 4) is 0 Å². The molecule has 0 saturated heterocycles. The fourth-order valence-electron chi connectivity index (χ4n) is 1.94. The van der Waals surface area contributed by atoms with Crippen LogP contribution in [0.15, 0.2) is 6.07 Å². The summed E-state index contributed by atoms with van der Waals surface area (Å²) in [6.45, 7) is 6.41. The van der Waals surface area contributed by atoms with Crippen molar-refractivity contribution in [1.82, 2.24) is 0 Å². The molecule has 1 heterocycles. The zero-order valence-corrected chi connectivity index (χ0v) is 9.19. The second-order valence-corrected chi connectivity index (χ2v) is 5.51. The Kier molecular flexibility index (Phi) is 2.20. The van der Waals surface area contributed by atoms with E-state index >= 15 is 0 Å². The average Bonchev–Trinajstić information content (AvgIpc) is 2.67. The molecule has 3 unspecified atom stereocenters. The van der Waals surface area contributed by atoms with Crippen LogP contribution in [0, 0.1) is 25.7 Å². The van der Waals surface area contributed by atoms with Crippen LogP contribution in [0.2, 0.25) is 0 Å². The summed E-state index contributed by atoms with van der Waals surface area (Å²) in [4.78, 5) is 2.49. The van der Waals surface area contributed by atoms with Gasteiger partial charge in [-0.2, -0.15) is 0 Å². The highest BCUT2D eigenvalue weighted by atomic mass is 32.1. The first-order chi connectivity index (χ1) is 6.09. The van der Waals surface area contributed by atoms with Crippen LogP contribution < -0.4 is 0 Å². The van der Waals surface area contributed by atoms with Crippen molar-refractivity contribution >= 4 is 11.3 Å². The van der Waals surface area contributed by atoms with E-state index in [9.17, 15) is 5.11 Å². The Balaban J connectivity index is 2.19. The summed E-state index contributed by atoms with van der Waals surface area (Å²) in [5.74, 6) is 1.24. The van der Waals surface area contributed by atoms with Gasteiger partial charge in [0.2, 0.25) is 0 Å². The second-order valence-electron chi connectivity index (χ2n) is 4.23. The zero-order chi connectivity index (χ0) is 9.59. The van der Waals surface area contributed by atoms with E-state index in [1.165, 1.54) is 21.7 Å². The van der Waals surface area contributed by atoms with Crippen LogP contribution in [0.3, 0.4) is 0 Å². The van der Waals surface area contributed by atoms with Gasteiger partial charge in [-0.25, -0.2) is 0 Å². The lowest BCUT2D eigenvalue weighted by molar-refractivity contribution is 0.151. The predicted molar refractivity (Wildman–Crippen MR) is 56.0 cm³/mol. The molecular formula is C11H16OS. The van der Waals surface area contributed by atoms with Crippen LogP contribution >= 0.6 is 11.3 Å². The minimum absolute atomic E-state index is 0.200. The van der Waals surface area contributed by atoms with E-state index in [1.54, 1.807) is 11.3 Å². The molecule has 0 spiro atoms. The largest absolute Gasteiger partial charge is 0.387 e. The number of hydrogen-bond acceptors (Lipinski definition) is 2. The van der Waals surface area contributed by atoms with Gasteiger partial charge in [0, 0.05) is 9.75 Å². The van der Waals surface area contributed by atoms with E-state index < -0.39 is 0 Å². The van der Waals surface area contributed by atoms with Gasteiger partial charge in [-0.15, -0.1) is 11.3 Å². The maximum absolute atomic E-state index is 10.0. The number of aryl methyl sites for hydroxylation is 2. The minimum atomic E-state index is -0.200. The van der Waals surface area contributed by atoms with Gasteiger partial charge in [-0.05, 0) is 43.7 Å². The van der Waals surface area contributed by atoms with Gasteiger partial charge in [0.1, 0.15) is 0 Å². The molecule has 1 aromatic heterocycles. The van der Waals surface area contributed by atoms with Crippen LogP contribution in [-0.4, -0.2) is 5.11 Å². The van der Waals surface area contributed by atoms with E-state index in [4.69, 9.17) is 0 Å². The normalized spacial score (nSPS) is 28.9. The summed E-state index contributed by atoms with van der Waals surface area (Å²) in [5, 5.41) is 10.0. The summed E-state index contributed by atoms with van der Waals surface area (Å²) >= 11 is 1.74. The molecule has 0 bridgehead atoms. The molecule has 1 nitrogen and oxygen atoms in total. The molecule has 72 valence electrons. The van der Waals surface area contributed by atoms with E-state index in [0.717, 1.165) is 5.92 Å². The smallest absolute Gasteiger partial charge is 0.0915 e. The highest BCUT2D eigenvalue weighted by molar-refractivity contribution is 7.12. The molecule has 0 amide bonds. The topological polar surface area (TPSA) is 20.2 Å². The van der Waals surface area contributed by atoms with E-state index in [1.807, 2.05) is 0 Å². The van der Waals surface area contributed by atoms with Crippen LogP contribution in [0.25, 0.3) is 0 Å². The molecule has 0 radical (unpaired) electrons. The molecular weight excluding hydrogens is 180 g/mol. The van der Waals surface area contributed by atoms with Crippen molar-refractivity contribution in [2.75, 3.05) is 0 Å². The average molecular weight is 196 g/mol. The van der Waals surface area contributed by atoms with Gasteiger partial charge in [0.25, 0.3) is 0 Å². The van der Waals surface area contributed by atoms with Crippen LogP contribution in [-0.2, 0) is 0 Å². The quantitative estimate of drug-likeness (QED) is 0.770. The molecule has 1 fully saturated rings. The highest BCUT2D eigenvalue weighted by Gasteiger charge is 2.40. The van der Waals surface area contributed by atoms with E-state index in [2.05, 4.69) is 26.8 Å². The highest BCUT2D eigenvalue weighted by Crippen LogP contribution is 2.48. The SMILES string of the molecule is Cc1cc(C)c(C(O)C2CC2C)s1. The van der Waals surface area contributed by atoms with Crippen LogP contribution in [0.4, 0.5) is 0 Å². The first-order valence-corrected chi connectivity index (χ1v) is 5.66. The number of rotatable bonds is 2. The van der Waals surface area contributed by atoms with Crippen molar-refractivity contribution in [3.05, 3.63) is 21.4 Å². The molecule has 0 aromatic carbocycles. The molecule has 0 aliphatic heterocycles. The van der Waals surface area contributed by atoms with Gasteiger partial charge < -0.3 is 5.11 Å². The molecule has 13 heavy (non-hydrogen) atoms. The van der Waals surface area contributed by atoms with Crippen molar-refractivity contribution in [3.63, 3.8) is 0 Å². The fourth-order valence-corrected chi connectivity index (χ4v) is 3.04. The predicted octanol–water partition coefficient (Wildman–Crippen LogP) is 3.05. The Bertz CT molecular complexity index is 316. The van der Waals surface area contributed by atoms with Gasteiger partial charge in [-0.1, -0.05) is 6.92 Å². The molecule has 1 aromatic rings. The molecule has 2 heteroatoms. The maximum Gasteiger partial charge on any atom is 0.0915 e. The zero-order valence-electron chi connectivity index (χ0n) is 8.37. The van der Waals surface area contributed by atoms with Crippen molar-refractivity contribution in [2.45, 2.75) is 33.3 Å². The Morgan fingerprint density at radius 2 is 2.15 bits per heavy atom. The summed E-state index contributed by atoms with van der Waals surface area (Å²) in [5.41, 5.74) is 1.26. The van der Waals surface area contributed by atoms with E-state index in [-0.39, 0.29) is 6.10 Å². The van der Waals surface area contributed by atoms with Crippen molar-refractivity contribution < 1.29 is 5.11 Å². The van der Waals surface area contributed by atoms with E-state index in [0.29, 0.717) is 5.92 Å². The van der Waals surface area contributed by atoms with Gasteiger partial charge >= 0.3 is 0 Å². The van der Waals surface area contributed by atoms with Gasteiger partial charge in [0.05, 0.1) is 6.10 Å². The summed E-state index contributed by atoms with van der Waals surface area (Å²) in [7, 11) is 0. The van der Waals surface area contributed by atoms with Crippen molar-refractivity contribution in [2.24, 2.45) is 11.8 Å². The third-order valence-electron chi connectivity index (χ3n) is 2.93. The third kappa shape index (κ3) is 1.65. The van der Waals surface area contributed by atoms with Crippen LogP contribution in [0.1, 0.15) is 34.8 Å². The lowest BCUT2D eigenvalue weighted by Gasteiger charge is -2.08. The Morgan fingerprint density at radius 3 is 2.54 bits per heavy atom. The molecule has 2 rings (SSSR count). The Labute approximate surface area is 83.4 Å².